The highest BCUT2D eigenvalue weighted by Gasteiger charge is 2.18. The summed E-state index contributed by atoms with van der Waals surface area (Å²) in [6, 6.07) is 55.8. The van der Waals surface area contributed by atoms with Gasteiger partial charge in [0, 0.05) is 45.4 Å². The van der Waals surface area contributed by atoms with Gasteiger partial charge in [0.05, 0.1) is 0 Å². The molecule has 0 amide bonds. The van der Waals surface area contributed by atoms with E-state index in [1.807, 2.05) is 84.9 Å². The molecule has 0 saturated heterocycles. The van der Waals surface area contributed by atoms with E-state index in [9.17, 15) is 0 Å². The summed E-state index contributed by atoms with van der Waals surface area (Å²) in [5.74, 6) is 2.45. The maximum absolute atomic E-state index is 6.55. The predicted molar refractivity (Wildman–Crippen MR) is 223 cm³/mol. The molecular formula is C49H29N5O2. The third kappa shape index (κ3) is 5.41. The molecule has 0 N–H and O–H groups in total. The van der Waals surface area contributed by atoms with Crippen molar-refractivity contribution < 1.29 is 8.83 Å². The Balaban J connectivity index is 0.963. The number of aromatic nitrogens is 5. The molecule has 262 valence electrons. The quantitative estimate of drug-likeness (QED) is 0.169. The van der Waals surface area contributed by atoms with Gasteiger partial charge in [0.25, 0.3) is 0 Å². The lowest BCUT2D eigenvalue weighted by Crippen LogP contribution is -2.00. The fourth-order valence-corrected chi connectivity index (χ4v) is 7.55. The first kappa shape index (κ1) is 31.7. The van der Waals surface area contributed by atoms with Crippen molar-refractivity contribution in [3.05, 3.63) is 176 Å². The van der Waals surface area contributed by atoms with Crippen molar-refractivity contribution in [1.29, 1.82) is 0 Å². The molecule has 0 unspecified atom stereocenters. The van der Waals surface area contributed by atoms with E-state index in [0.29, 0.717) is 40.0 Å². The Morgan fingerprint density at radius 1 is 0.339 bits per heavy atom. The van der Waals surface area contributed by atoms with E-state index in [2.05, 4.69) is 83.8 Å². The number of furan rings is 1. The summed E-state index contributed by atoms with van der Waals surface area (Å²) >= 11 is 0. The summed E-state index contributed by atoms with van der Waals surface area (Å²) in [6.45, 7) is 0. The Hall–Kier alpha value is -7.77. The molecule has 7 heteroatoms. The van der Waals surface area contributed by atoms with E-state index < -0.39 is 0 Å². The van der Waals surface area contributed by atoms with Crippen LogP contribution in [0.5, 0.6) is 0 Å². The topological polar surface area (TPSA) is 90.7 Å². The maximum Gasteiger partial charge on any atom is 0.227 e. The number of rotatable bonds is 6. The van der Waals surface area contributed by atoms with Crippen LogP contribution in [-0.2, 0) is 0 Å². The second-order valence-electron chi connectivity index (χ2n) is 13.7. The summed E-state index contributed by atoms with van der Waals surface area (Å²) in [6.07, 6.45) is 3.47. The van der Waals surface area contributed by atoms with Gasteiger partial charge < -0.3 is 8.83 Å². The van der Waals surface area contributed by atoms with Crippen LogP contribution in [0.2, 0.25) is 0 Å². The van der Waals surface area contributed by atoms with Crippen molar-refractivity contribution in [2.75, 3.05) is 0 Å². The molecule has 4 aromatic heterocycles. The number of oxazole rings is 1. The lowest BCUT2D eigenvalue weighted by Gasteiger charge is -2.13. The second kappa shape index (κ2) is 13.0. The Morgan fingerprint density at radius 3 is 1.52 bits per heavy atom. The van der Waals surface area contributed by atoms with Crippen LogP contribution >= 0.6 is 0 Å². The highest BCUT2D eigenvalue weighted by atomic mass is 16.4. The van der Waals surface area contributed by atoms with Crippen LogP contribution in [-0.4, -0.2) is 24.9 Å². The van der Waals surface area contributed by atoms with E-state index in [1.54, 1.807) is 12.4 Å². The average Bonchev–Trinajstić information content (AvgIpc) is 3.89. The van der Waals surface area contributed by atoms with Crippen molar-refractivity contribution in [3.8, 4) is 67.9 Å². The molecule has 56 heavy (non-hydrogen) atoms. The largest absolute Gasteiger partial charge is 0.454 e. The predicted octanol–water partition coefficient (Wildman–Crippen LogP) is 12.5. The van der Waals surface area contributed by atoms with E-state index in [-0.39, 0.29) is 0 Å². The molecule has 4 heterocycles. The molecule has 0 spiro atoms. The molecule has 0 fully saturated rings. The smallest absolute Gasteiger partial charge is 0.227 e. The molecular weight excluding hydrogens is 691 g/mol. The third-order valence-corrected chi connectivity index (χ3v) is 10.3. The van der Waals surface area contributed by atoms with Crippen molar-refractivity contribution in [2.24, 2.45) is 0 Å². The lowest BCUT2D eigenvalue weighted by molar-refractivity contribution is 0.619. The van der Waals surface area contributed by atoms with E-state index in [4.69, 9.17) is 28.8 Å². The third-order valence-electron chi connectivity index (χ3n) is 10.3. The molecule has 0 saturated carbocycles. The fraction of sp³-hybridized carbons (Fsp3) is 0. The lowest BCUT2D eigenvalue weighted by atomic mass is 9.91. The maximum atomic E-state index is 6.55. The first-order valence-electron chi connectivity index (χ1n) is 18.4. The van der Waals surface area contributed by atoms with E-state index in [1.165, 1.54) is 0 Å². The summed E-state index contributed by atoms with van der Waals surface area (Å²) in [7, 11) is 0. The molecule has 0 aliphatic carbocycles. The number of pyridine rings is 1. The molecule has 0 atom stereocenters. The van der Waals surface area contributed by atoms with Crippen LogP contribution < -0.4 is 0 Å². The molecule has 7 nitrogen and oxygen atoms in total. The fourth-order valence-electron chi connectivity index (χ4n) is 7.55. The van der Waals surface area contributed by atoms with Gasteiger partial charge in [0.1, 0.15) is 5.58 Å². The first-order valence-corrected chi connectivity index (χ1v) is 18.4. The minimum absolute atomic E-state index is 0.539. The SMILES string of the molecule is c1ccc(-c2nc(-c3ccccc3)nc(-c3ccc(-c4ccc(-c5ccc6c(c5)oc5c6ccc6oc(-c7ccncc7)nc65)c5ccccc45)cc3)n2)cc1. The number of hydrogen-bond acceptors (Lipinski definition) is 7. The Bertz CT molecular complexity index is 3170. The van der Waals surface area contributed by atoms with Crippen LogP contribution in [0.25, 0.3) is 112 Å². The highest BCUT2D eigenvalue weighted by Crippen LogP contribution is 2.40. The normalized spacial score (nSPS) is 11.6. The van der Waals surface area contributed by atoms with Gasteiger partial charge >= 0.3 is 0 Å². The number of benzene rings is 7. The van der Waals surface area contributed by atoms with Gasteiger partial charge in [-0.1, -0.05) is 127 Å². The molecule has 0 radical (unpaired) electrons. The molecule has 0 aliphatic heterocycles. The summed E-state index contributed by atoms with van der Waals surface area (Å²) in [5, 5.41) is 4.35. The Morgan fingerprint density at radius 2 is 0.875 bits per heavy atom. The van der Waals surface area contributed by atoms with Crippen molar-refractivity contribution in [3.63, 3.8) is 0 Å². The van der Waals surface area contributed by atoms with Gasteiger partial charge in [-0.2, -0.15) is 0 Å². The van der Waals surface area contributed by atoms with Crippen molar-refractivity contribution in [1.82, 2.24) is 24.9 Å². The van der Waals surface area contributed by atoms with Gasteiger partial charge in [-0.25, -0.2) is 19.9 Å². The van der Waals surface area contributed by atoms with Crippen LogP contribution in [0.15, 0.2) is 185 Å². The van der Waals surface area contributed by atoms with Crippen LogP contribution in [0.4, 0.5) is 0 Å². The van der Waals surface area contributed by atoms with Crippen molar-refractivity contribution in [2.45, 2.75) is 0 Å². The van der Waals surface area contributed by atoms with Crippen LogP contribution in [0.1, 0.15) is 0 Å². The zero-order valence-corrected chi connectivity index (χ0v) is 29.8. The van der Waals surface area contributed by atoms with Gasteiger partial charge in [-0.15, -0.1) is 0 Å². The number of fused-ring (bicyclic) bond motifs is 6. The number of hydrogen-bond donors (Lipinski definition) is 0. The minimum atomic E-state index is 0.539. The molecule has 11 rings (SSSR count). The first-order chi connectivity index (χ1) is 27.7. The highest BCUT2D eigenvalue weighted by molar-refractivity contribution is 6.14. The van der Waals surface area contributed by atoms with Crippen LogP contribution in [0, 0.1) is 0 Å². The Kier molecular flexibility index (Phi) is 7.35. The molecule has 0 bridgehead atoms. The zero-order chi connectivity index (χ0) is 37.0. The summed E-state index contributed by atoms with van der Waals surface area (Å²) in [4.78, 5) is 23.6. The van der Waals surface area contributed by atoms with E-state index >= 15 is 0 Å². The molecule has 0 aliphatic rings. The molecule has 7 aromatic carbocycles. The number of nitrogens with zero attached hydrogens (tertiary/aromatic N) is 5. The summed E-state index contributed by atoms with van der Waals surface area (Å²) in [5.41, 5.74) is 11.0. The van der Waals surface area contributed by atoms with Crippen LogP contribution in [0.3, 0.4) is 0 Å². The summed E-state index contributed by atoms with van der Waals surface area (Å²) < 4.78 is 12.7. The Labute approximate surface area is 320 Å². The van der Waals surface area contributed by atoms with Gasteiger partial charge in [0.2, 0.25) is 5.89 Å². The molecule has 11 aromatic rings. The zero-order valence-electron chi connectivity index (χ0n) is 29.8. The van der Waals surface area contributed by atoms with Gasteiger partial charge in [-0.3, -0.25) is 4.98 Å². The van der Waals surface area contributed by atoms with Gasteiger partial charge in [-0.05, 0) is 69.4 Å². The standard InChI is InChI=1S/C49H29N5O2/c1-3-9-31(10-4-1)46-52-47(32-11-5-2-6-12-32)54-48(53-46)33-17-15-30(16-18-33)36-21-22-37(39-14-8-7-13-38(36)39)35-19-20-40-41-23-24-42-44(45(41)55-43(40)29-35)51-49(56-42)34-25-27-50-28-26-34/h1-29H. The van der Waals surface area contributed by atoms with E-state index in [0.717, 1.165) is 71.6 Å². The second-order valence-corrected chi connectivity index (χ2v) is 13.7. The minimum Gasteiger partial charge on any atom is -0.454 e. The average molecular weight is 720 g/mol. The van der Waals surface area contributed by atoms with Crippen molar-refractivity contribution >= 4 is 43.8 Å². The monoisotopic (exact) mass is 719 g/mol. The van der Waals surface area contributed by atoms with Gasteiger partial charge in [0.15, 0.2) is 34.2 Å².